The van der Waals surface area contributed by atoms with E-state index < -0.39 is 30.3 Å². The molecule has 6 aromatic carbocycles. The Bertz CT molecular complexity index is 2760. The Balaban J connectivity index is 0.000000201. The van der Waals surface area contributed by atoms with E-state index in [0.29, 0.717) is 81.0 Å². The predicted octanol–water partition coefficient (Wildman–Crippen LogP) is 10.2. The molecule has 0 spiro atoms. The van der Waals surface area contributed by atoms with Gasteiger partial charge in [-0.15, -0.1) is 0 Å². The number of carbonyl (C=O) groups excluding carboxylic acids is 2. The van der Waals surface area contributed by atoms with Crippen LogP contribution < -0.4 is 28.7 Å². The molecule has 2 aliphatic heterocycles. The summed E-state index contributed by atoms with van der Waals surface area (Å²) in [7, 11) is 0. The Morgan fingerprint density at radius 2 is 0.882 bits per heavy atom. The molecule has 0 saturated carbocycles. The third-order valence-electron chi connectivity index (χ3n) is 11.5. The van der Waals surface area contributed by atoms with E-state index in [4.69, 9.17) is 29.2 Å². The number of aliphatic hydroxyl groups is 2. The monoisotopic (exact) mass is 926 g/mol. The van der Waals surface area contributed by atoms with Gasteiger partial charge < -0.3 is 39.4 Å². The number of fused-ring (bicyclic) bond motifs is 4. The van der Waals surface area contributed by atoms with Gasteiger partial charge in [0.15, 0.2) is 12.5 Å². The molecule has 0 bridgehead atoms. The fourth-order valence-electron chi connectivity index (χ4n) is 8.51. The lowest BCUT2D eigenvalue weighted by Gasteiger charge is -2.23. The Hall–Kier alpha value is -7.16. The van der Waals surface area contributed by atoms with Crippen LogP contribution in [0.25, 0.3) is 21.5 Å². The molecule has 0 aliphatic carbocycles. The third kappa shape index (κ3) is 9.92. The van der Waals surface area contributed by atoms with Crippen LogP contribution in [0.2, 0.25) is 0 Å². The van der Waals surface area contributed by atoms with Crippen molar-refractivity contribution in [1.82, 2.24) is 0 Å². The largest absolute Gasteiger partial charge is 0.492 e. The zero-order chi connectivity index (χ0) is 48.8. The van der Waals surface area contributed by atoms with E-state index >= 15 is 0 Å². The molecule has 2 aliphatic rings. The summed E-state index contributed by atoms with van der Waals surface area (Å²) in [5, 5.41) is 43.9. The number of ether oxygens (including phenoxy) is 4. The van der Waals surface area contributed by atoms with Crippen molar-refractivity contribution in [2.45, 2.75) is 105 Å². The highest BCUT2D eigenvalue weighted by molar-refractivity contribution is 6.18. The zero-order valence-corrected chi connectivity index (χ0v) is 39.2. The van der Waals surface area contributed by atoms with Crippen molar-refractivity contribution in [2.24, 2.45) is 0 Å². The first kappa shape index (κ1) is 48.8. The lowest BCUT2D eigenvalue weighted by atomic mass is 9.98. The van der Waals surface area contributed by atoms with Gasteiger partial charge in [-0.2, -0.15) is 0 Å². The van der Waals surface area contributed by atoms with Crippen molar-refractivity contribution >= 4 is 56.7 Å². The summed E-state index contributed by atoms with van der Waals surface area (Å²) in [5.41, 5.74) is 3.50. The SMILES string of the molecule is CCCCOc1c2c(c(OC(C)C)c3ccccc13)C(=O)N(c1ccc(CC(=O)O)cc1)C2O.CCCCOc1c2c(c(OC(C)C)c3ccccc13)C(O)N(c1ccc(CC(=O)O)cc1)C2=O. The molecular weight excluding hydrogens is 869 g/mol. The number of nitrogens with zero attached hydrogens (tertiary/aromatic N) is 2. The number of hydrogen-bond acceptors (Lipinski definition) is 10. The van der Waals surface area contributed by atoms with Crippen LogP contribution in [0.5, 0.6) is 23.0 Å². The molecule has 14 nitrogen and oxygen atoms in total. The molecular formula is C54H58N2O12. The molecule has 0 saturated heterocycles. The minimum absolute atomic E-state index is 0.121. The molecule has 4 N–H and O–H groups in total. The first-order valence-electron chi connectivity index (χ1n) is 23.1. The highest BCUT2D eigenvalue weighted by Crippen LogP contribution is 2.52. The zero-order valence-electron chi connectivity index (χ0n) is 39.2. The first-order valence-corrected chi connectivity index (χ1v) is 23.1. The highest BCUT2D eigenvalue weighted by atomic mass is 16.5. The van der Waals surface area contributed by atoms with Gasteiger partial charge in [-0.3, -0.25) is 29.0 Å². The summed E-state index contributed by atoms with van der Waals surface area (Å²) >= 11 is 0. The topological polar surface area (TPSA) is 193 Å². The van der Waals surface area contributed by atoms with Crippen molar-refractivity contribution in [3.8, 4) is 23.0 Å². The maximum Gasteiger partial charge on any atom is 0.307 e. The second-order valence-corrected chi connectivity index (χ2v) is 17.3. The van der Waals surface area contributed by atoms with Gasteiger partial charge in [-0.25, -0.2) is 0 Å². The molecule has 356 valence electrons. The van der Waals surface area contributed by atoms with E-state index in [0.717, 1.165) is 47.2 Å². The summed E-state index contributed by atoms with van der Waals surface area (Å²) in [6, 6.07) is 28.3. The number of rotatable bonds is 18. The van der Waals surface area contributed by atoms with Crippen LogP contribution in [0.3, 0.4) is 0 Å². The molecule has 2 unspecified atom stereocenters. The number of hydrogen-bond donors (Lipinski definition) is 4. The molecule has 2 amide bonds. The van der Waals surface area contributed by atoms with Gasteiger partial charge in [-0.1, -0.05) is 99.5 Å². The van der Waals surface area contributed by atoms with Gasteiger partial charge in [0.25, 0.3) is 11.8 Å². The average molecular weight is 927 g/mol. The molecule has 2 atom stereocenters. The van der Waals surface area contributed by atoms with Gasteiger partial charge in [0.1, 0.15) is 23.0 Å². The van der Waals surface area contributed by atoms with E-state index in [1.165, 1.54) is 9.80 Å². The fraction of sp³-hybridized carbons (Fsp3) is 0.333. The van der Waals surface area contributed by atoms with Gasteiger partial charge in [-0.05, 0) is 75.9 Å². The molecule has 0 fully saturated rings. The molecule has 68 heavy (non-hydrogen) atoms. The Labute approximate surface area is 395 Å². The maximum atomic E-state index is 13.7. The summed E-state index contributed by atoms with van der Waals surface area (Å²) in [6.45, 7) is 12.6. The highest BCUT2D eigenvalue weighted by Gasteiger charge is 2.45. The second kappa shape index (κ2) is 21.2. The predicted molar refractivity (Wildman–Crippen MR) is 259 cm³/mol. The Morgan fingerprint density at radius 1 is 0.529 bits per heavy atom. The average Bonchev–Trinajstić information content (AvgIpc) is 3.72. The van der Waals surface area contributed by atoms with Gasteiger partial charge in [0.2, 0.25) is 0 Å². The summed E-state index contributed by atoms with van der Waals surface area (Å²) < 4.78 is 24.6. The van der Waals surface area contributed by atoms with Gasteiger partial charge >= 0.3 is 11.9 Å². The van der Waals surface area contributed by atoms with Gasteiger partial charge in [0.05, 0.1) is 60.5 Å². The number of amides is 2. The molecule has 0 aromatic heterocycles. The van der Waals surface area contributed by atoms with Crippen molar-refractivity contribution in [3.63, 3.8) is 0 Å². The first-order chi connectivity index (χ1) is 32.7. The summed E-state index contributed by atoms with van der Waals surface area (Å²) in [4.78, 5) is 52.1. The van der Waals surface area contributed by atoms with E-state index in [9.17, 15) is 29.4 Å². The molecule has 14 heteroatoms. The van der Waals surface area contributed by atoms with E-state index in [1.807, 2.05) is 76.2 Å². The number of benzene rings is 6. The Morgan fingerprint density at radius 3 is 1.29 bits per heavy atom. The molecule has 2 heterocycles. The van der Waals surface area contributed by atoms with Crippen molar-refractivity contribution in [1.29, 1.82) is 0 Å². The summed E-state index contributed by atoms with van der Waals surface area (Å²) in [5.74, 6) is -0.825. The number of carbonyl (C=O) groups is 4. The van der Waals surface area contributed by atoms with Crippen LogP contribution >= 0.6 is 0 Å². The van der Waals surface area contributed by atoms with Crippen LogP contribution in [-0.4, -0.2) is 69.6 Å². The maximum absolute atomic E-state index is 13.7. The van der Waals surface area contributed by atoms with Crippen LogP contribution in [-0.2, 0) is 22.4 Å². The van der Waals surface area contributed by atoms with E-state index in [2.05, 4.69) is 13.8 Å². The third-order valence-corrected chi connectivity index (χ3v) is 11.5. The number of anilines is 2. The van der Waals surface area contributed by atoms with Gasteiger partial charge in [0, 0.05) is 32.9 Å². The van der Waals surface area contributed by atoms with Crippen molar-refractivity contribution in [2.75, 3.05) is 23.0 Å². The normalized spacial score (nSPS) is 15.1. The fourth-order valence-corrected chi connectivity index (χ4v) is 8.51. The van der Waals surface area contributed by atoms with Crippen molar-refractivity contribution < 1.29 is 58.6 Å². The van der Waals surface area contributed by atoms with Crippen LogP contribution in [0.4, 0.5) is 11.4 Å². The Kier molecular flexibility index (Phi) is 15.2. The number of carboxylic acids is 2. The molecule has 6 aromatic rings. The molecule has 0 radical (unpaired) electrons. The number of carboxylic acid groups (broad SMARTS) is 2. The lowest BCUT2D eigenvalue weighted by Crippen LogP contribution is -2.27. The summed E-state index contributed by atoms with van der Waals surface area (Å²) in [6.07, 6.45) is 0.410. The van der Waals surface area contributed by atoms with E-state index in [-0.39, 0.29) is 31.0 Å². The quantitative estimate of drug-likeness (QED) is 0.0597. The van der Waals surface area contributed by atoms with Crippen LogP contribution in [0.1, 0.15) is 123 Å². The number of unbranched alkanes of at least 4 members (excludes halogenated alkanes) is 2. The lowest BCUT2D eigenvalue weighted by molar-refractivity contribution is -0.137. The van der Waals surface area contributed by atoms with E-state index in [1.54, 1.807) is 48.5 Å². The smallest absolute Gasteiger partial charge is 0.307 e. The van der Waals surface area contributed by atoms with Crippen LogP contribution in [0, 0.1) is 0 Å². The molecule has 8 rings (SSSR count). The number of aliphatic hydroxyl groups excluding tert-OH is 2. The standard InChI is InChI=1S/2C27H29NO6/c2*1-4-5-14-33-24-19-8-6-7-9-20(19)25(34-16(2)3)23-22(24)26(31)28(27(23)32)18-12-10-17(11-13-18)15-21(29)30/h6-13,16,27,32H,4-5,14-15H2,1-3H3,(H,29,30);6-13,16,26,31H,4-5,14-15H2,1-3H3,(H,29,30). The number of aliphatic carboxylic acids is 2. The van der Waals surface area contributed by atoms with Crippen molar-refractivity contribution in [3.05, 3.63) is 130 Å². The second-order valence-electron chi connectivity index (χ2n) is 17.3. The van der Waals surface area contributed by atoms with Crippen LogP contribution in [0.15, 0.2) is 97.1 Å². The minimum atomic E-state index is -1.28. The minimum Gasteiger partial charge on any atom is -0.492 e.